The molecule has 0 bridgehead atoms. The number of carboxylic acids is 1. The smallest absolute Gasteiger partial charge is 0.335 e. The Morgan fingerprint density at radius 1 is 1.11 bits per heavy atom. The minimum absolute atomic E-state index is 0.0545. The van der Waals surface area contributed by atoms with E-state index in [9.17, 15) is 18.0 Å². The van der Waals surface area contributed by atoms with Gasteiger partial charge in [0, 0.05) is 28.6 Å². The summed E-state index contributed by atoms with van der Waals surface area (Å²) in [6, 6.07) is 13.0. The van der Waals surface area contributed by atoms with Crippen molar-refractivity contribution < 1.29 is 27.8 Å². The highest BCUT2D eigenvalue weighted by Crippen LogP contribution is 2.33. The van der Waals surface area contributed by atoms with Gasteiger partial charge in [0.2, 0.25) is 0 Å². The van der Waals surface area contributed by atoms with Crippen molar-refractivity contribution in [3.05, 3.63) is 106 Å². The maximum absolute atomic E-state index is 14.5. The van der Waals surface area contributed by atoms with Crippen molar-refractivity contribution in [3.8, 4) is 11.4 Å². The average molecular weight is 547 g/mol. The van der Waals surface area contributed by atoms with Crippen LogP contribution in [-0.4, -0.2) is 27.7 Å². The predicted octanol–water partition coefficient (Wildman–Crippen LogP) is 7.29. The molecule has 192 valence electrons. The standard InChI is InChI=1S/C27H22ClF3N2O3S/c1-15(9-16-3-8-21(28)25(10-16)36-2)24-13-32-27(33(24)19-6-4-18(29)5-7-19)37-14-20-22(30)11-17(26(34)35)12-23(20)31/h3-8,10-13,15H,9,14H2,1-2H3,(H,34,35). The third-order valence-electron chi connectivity index (χ3n) is 5.84. The Labute approximate surface area is 220 Å². The molecule has 5 nitrogen and oxygen atoms in total. The van der Waals surface area contributed by atoms with Crippen LogP contribution in [0.15, 0.2) is 66.0 Å². The molecule has 4 aromatic rings. The molecule has 0 saturated heterocycles. The minimum Gasteiger partial charge on any atom is -0.495 e. The number of imidazole rings is 1. The number of aromatic carboxylic acids is 1. The van der Waals surface area contributed by atoms with Crippen molar-refractivity contribution >= 4 is 29.3 Å². The second kappa shape index (κ2) is 11.3. The fraction of sp³-hybridized carbons (Fsp3) is 0.185. The van der Waals surface area contributed by atoms with Crippen LogP contribution in [0.2, 0.25) is 5.02 Å². The van der Waals surface area contributed by atoms with Gasteiger partial charge in [-0.25, -0.2) is 22.9 Å². The molecule has 37 heavy (non-hydrogen) atoms. The van der Waals surface area contributed by atoms with Crippen molar-refractivity contribution in [2.45, 2.75) is 30.2 Å². The lowest BCUT2D eigenvalue weighted by Gasteiger charge is -2.17. The molecule has 0 aliphatic rings. The van der Waals surface area contributed by atoms with Gasteiger partial charge in [0.15, 0.2) is 5.16 Å². The third kappa shape index (κ3) is 5.94. The summed E-state index contributed by atoms with van der Waals surface area (Å²) >= 11 is 7.24. The van der Waals surface area contributed by atoms with E-state index in [4.69, 9.17) is 21.4 Å². The second-order valence-electron chi connectivity index (χ2n) is 8.36. The number of nitrogens with zero attached hydrogens (tertiary/aromatic N) is 2. The molecule has 0 spiro atoms. The molecule has 1 N–H and O–H groups in total. The third-order valence-corrected chi connectivity index (χ3v) is 7.13. The molecule has 0 aliphatic heterocycles. The lowest BCUT2D eigenvalue weighted by atomic mass is 9.98. The Bertz CT molecular complexity index is 1420. The molecular weight excluding hydrogens is 525 g/mol. The summed E-state index contributed by atoms with van der Waals surface area (Å²) in [6.45, 7) is 2.01. The van der Waals surface area contributed by atoms with Gasteiger partial charge < -0.3 is 9.84 Å². The number of carbonyl (C=O) groups is 1. The molecule has 1 atom stereocenters. The summed E-state index contributed by atoms with van der Waals surface area (Å²) in [5.74, 6) is -3.33. The van der Waals surface area contributed by atoms with Crippen LogP contribution in [0, 0.1) is 17.5 Å². The summed E-state index contributed by atoms with van der Waals surface area (Å²) in [4.78, 5) is 15.6. The molecule has 10 heteroatoms. The van der Waals surface area contributed by atoms with Gasteiger partial charge in [-0.3, -0.25) is 4.57 Å². The Morgan fingerprint density at radius 2 is 1.78 bits per heavy atom. The van der Waals surface area contributed by atoms with Gasteiger partial charge in [-0.05, 0) is 60.5 Å². The van der Waals surface area contributed by atoms with E-state index in [2.05, 4.69) is 4.98 Å². The zero-order valence-corrected chi connectivity index (χ0v) is 21.4. The van der Waals surface area contributed by atoms with E-state index in [1.54, 1.807) is 31.5 Å². The quantitative estimate of drug-likeness (QED) is 0.223. The number of aromatic nitrogens is 2. The molecule has 0 amide bonds. The van der Waals surface area contributed by atoms with E-state index >= 15 is 0 Å². The Hall–Kier alpha value is -3.43. The lowest BCUT2D eigenvalue weighted by Crippen LogP contribution is -2.08. The van der Waals surface area contributed by atoms with Gasteiger partial charge in [0.05, 0.1) is 23.9 Å². The van der Waals surface area contributed by atoms with Gasteiger partial charge in [-0.1, -0.05) is 36.4 Å². The maximum Gasteiger partial charge on any atom is 0.335 e. The number of carboxylic acid groups (broad SMARTS) is 1. The van der Waals surface area contributed by atoms with Crippen LogP contribution in [0.1, 0.15) is 40.0 Å². The van der Waals surface area contributed by atoms with Crippen LogP contribution in [-0.2, 0) is 12.2 Å². The normalized spacial score (nSPS) is 11.9. The Balaban J connectivity index is 1.66. The van der Waals surface area contributed by atoms with Gasteiger partial charge in [-0.15, -0.1) is 0 Å². The number of hydrogen-bond donors (Lipinski definition) is 1. The molecule has 0 saturated carbocycles. The fourth-order valence-electron chi connectivity index (χ4n) is 3.94. The Morgan fingerprint density at radius 3 is 2.41 bits per heavy atom. The zero-order valence-electron chi connectivity index (χ0n) is 19.8. The van der Waals surface area contributed by atoms with Crippen LogP contribution >= 0.6 is 23.4 Å². The van der Waals surface area contributed by atoms with Gasteiger partial charge in [0.1, 0.15) is 23.2 Å². The number of thioether (sulfide) groups is 1. The van der Waals surface area contributed by atoms with Crippen LogP contribution in [0.4, 0.5) is 13.2 Å². The second-order valence-corrected chi connectivity index (χ2v) is 9.71. The van der Waals surface area contributed by atoms with E-state index in [0.29, 0.717) is 28.0 Å². The highest BCUT2D eigenvalue weighted by Gasteiger charge is 2.21. The highest BCUT2D eigenvalue weighted by atomic mass is 35.5. The van der Waals surface area contributed by atoms with Crippen LogP contribution in [0.3, 0.4) is 0 Å². The maximum atomic E-state index is 14.5. The van der Waals surface area contributed by atoms with Crippen molar-refractivity contribution in [1.82, 2.24) is 9.55 Å². The molecular formula is C27H22ClF3N2O3S. The van der Waals surface area contributed by atoms with E-state index in [0.717, 1.165) is 35.2 Å². The van der Waals surface area contributed by atoms with Crippen molar-refractivity contribution in [2.24, 2.45) is 0 Å². The lowest BCUT2D eigenvalue weighted by molar-refractivity contribution is 0.0695. The number of methoxy groups -OCH3 is 1. The minimum atomic E-state index is -1.42. The van der Waals surface area contributed by atoms with Crippen molar-refractivity contribution in [1.29, 1.82) is 0 Å². The molecule has 0 radical (unpaired) electrons. The van der Waals surface area contributed by atoms with Crippen molar-refractivity contribution in [2.75, 3.05) is 7.11 Å². The average Bonchev–Trinajstić information content (AvgIpc) is 3.29. The highest BCUT2D eigenvalue weighted by molar-refractivity contribution is 7.98. The summed E-state index contributed by atoms with van der Waals surface area (Å²) in [6.07, 6.45) is 2.30. The van der Waals surface area contributed by atoms with E-state index in [1.165, 1.54) is 12.1 Å². The van der Waals surface area contributed by atoms with Gasteiger partial charge in [-0.2, -0.15) is 0 Å². The van der Waals surface area contributed by atoms with Crippen molar-refractivity contribution in [3.63, 3.8) is 0 Å². The topological polar surface area (TPSA) is 64.3 Å². The molecule has 0 aliphatic carbocycles. The number of rotatable bonds is 9. The number of halogens is 4. The largest absolute Gasteiger partial charge is 0.495 e. The first-order chi connectivity index (χ1) is 17.7. The molecule has 1 unspecified atom stereocenters. The molecule has 3 aromatic carbocycles. The van der Waals surface area contributed by atoms with E-state index in [1.807, 2.05) is 23.6 Å². The van der Waals surface area contributed by atoms with E-state index < -0.39 is 29.0 Å². The number of benzene rings is 3. The predicted molar refractivity (Wildman–Crippen MR) is 137 cm³/mol. The van der Waals surface area contributed by atoms with Crippen LogP contribution in [0.25, 0.3) is 5.69 Å². The first kappa shape index (κ1) is 26.6. The number of hydrogen-bond acceptors (Lipinski definition) is 4. The summed E-state index contributed by atoms with van der Waals surface area (Å²) < 4.78 is 49.8. The first-order valence-electron chi connectivity index (χ1n) is 11.2. The Kier molecular flexibility index (Phi) is 8.14. The molecule has 4 rings (SSSR count). The monoisotopic (exact) mass is 546 g/mol. The van der Waals surface area contributed by atoms with Crippen LogP contribution in [0.5, 0.6) is 5.75 Å². The summed E-state index contributed by atoms with van der Waals surface area (Å²) in [7, 11) is 1.54. The fourth-order valence-corrected chi connectivity index (χ4v) is 5.15. The first-order valence-corrected chi connectivity index (χ1v) is 12.5. The van der Waals surface area contributed by atoms with Crippen LogP contribution < -0.4 is 4.74 Å². The number of ether oxygens (including phenoxy) is 1. The van der Waals surface area contributed by atoms with E-state index in [-0.39, 0.29) is 17.2 Å². The molecule has 1 heterocycles. The summed E-state index contributed by atoms with van der Waals surface area (Å²) in [5, 5.41) is 9.98. The van der Waals surface area contributed by atoms with Gasteiger partial charge in [0.25, 0.3) is 0 Å². The molecule has 0 fully saturated rings. The summed E-state index contributed by atoms with van der Waals surface area (Å²) in [5.41, 5.74) is 1.71. The molecule has 1 aromatic heterocycles. The van der Waals surface area contributed by atoms with Gasteiger partial charge >= 0.3 is 5.97 Å². The SMILES string of the molecule is COc1cc(CC(C)c2cnc(SCc3c(F)cc(C(=O)O)cc3F)n2-c2ccc(F)cc2)ccc1Cl. The zero-order chi connectivity index (χ0) is 26.7.